The van der Waals surface area contributed by atoms with Crippen molar-refractivity contribution >= 4 is 11.9 Å². The molecule has 0 spiro atoms. The minimum Gasteiger partial charge on any atom is -0.508 e. The summed E-state index contributed by atoms with van der Waals surface area (Å²) in [5.74, 6) is -1.49. The first-order valence-corrected chi connectivity index (χ1v) is 8.57. The number of aromatic hydroxyl groups is 2. The molecule has 0 aromatic heterocycles. The van der Waals surface area contributed by atoms with Gasteiger partial charge in [-0.3, -0.25) is 4.79 Å². The van der Waals surface area contributed by atoms with E-state index in [1.165, 1.54) is 12.1 Å². The minimum atomic E-state index is -0.778. The van der Waals surface area contributed by atoms with Crippen molar-refractivity contribution in [2.45, 2.75) is 46.1 Å². The van der Waals surface area contributed by atoms with Crippen molar-refractivity contribution < 1.29 is 24.5 Å². The highest BCUT2D eigenvalue weighted by atomic mass is 16.5. The molecule has 0 unspecified atom stereocenters. The zero-order valence-electron chi connectivity index (χ0n) is 14.9. The van der Waals surface area contributed by atoms with Gasteiger partial charge in [-0.25, -0.2) is 4.79 Å². The van der Waals surface area contributed by atoms with Gasteiger partial charge in [-0.15, -0.1) is 0 Å². The van der Waals surface area contributed by atoms with E-state index in [0.29, 0.717) is 6.54 Å². The number of hydrogen-bond donors (Lipinski definition) is 2. The van der Waals surface area contributed by atoms with E-state index in [9.17, 15) is 19.8 Å². The van der Waals surface area contributed by atoms with Crippen LogP contribution >= 0.6 is 0 Å². The van der Waals surface area contributed by atoms with E-state index in [1.54, 1.807) is 0 Å². The number of nitrogens with zero attached hydrogens (tertiary/aromatic N) is 1. The molecule has 1 saturated heterocycles. The molecule has 6 nitrogen and oxygen atoms in total. The first kappa shape index (κ1) is 17.6. The molecular weight excluding hydrogens is 322 g/mol. The zero-order chi connectivity index (χ0) is 18.4. The van der Waals surface area contributed by atoms with Crippen molar-refractivity contribution in [1.82, 2.24) is 4.90 Å². The summed E-state index contributed by atoms with van der Waals surface area (Å²) in [7, 11) is 0. The number of likely N-dealkylation sites (tertiary alicyclic amines) is 1. The van der Waals surface area contributed by atoms with Crippen LogP contribution < -0.4 is 0 Å². The lowest BCUT2D eigenvalue weighted by Crippen LogP contribution is -2.39. The minimum absolute atomic E-state index is 0.0705. The van der Waals surface area contributed by atoms with Crippen LogP contribution in [0.1, 0.15) is 50.4 Å². The fourth-order valence-electron chi connectivity index (χ4n) is 4.73. The Morgan fingerprint density at radius 2 is 1.96 bits per heavy atom. The van der Waals surface area contributed by atoms with Gasteiger partial charge in [0.2, 0.25) is 0 Å². The lowest BCUT2D eigenvalue weighted by molar-refractivity contribution is -0.135. The van der Waals surface area contributed by atoms with E-state index in [2.05, 4.69) is 20.8 Å². The van der Waals surface area contributed by atoms with Crippen molar-refractivity contribution in [2.75, 3.05) is 13.2 Å². The van der Waals surface area contributed by atoms with E-state index in [1.807, 2.05) is 4.90 Å². The predicted octanol–water partition coefficient (Wildman–Crippen LogP) is 2.68. The summed E-state index contributed by atoms with van der Waals surface area (Å²) in [4.78, 5) is 26.5. The fraction of sp³-hybridized carbons (Fsp3) is 0.579. The number of carbonyl (C=O) groups excluding carboxylic acids is 2. The SMILES string of the molecule is CC1(C)C[C@H]2C[C@](C)(CN2C(=O)COC(=O)c2ccc(O)cc2O)C1. The summed E-state index contributed by atoms with van der Waals surface area (Å²) in [5, 5.41) is 19.0. The van der Waals surface area contributed by atoms with Gasteiger partial charge < -0.3 is 19.8 Å². The Kier molecular flexibility index (Phi) is 4.17. The highest BCUT2D eigenvalue weighted by Crippen LogP contribution is 2.52. The second-order valence-electron chi connectivity index (χ2n) is 8.51. The second-order valence-corrected chi connectivity index (χ2v) is 8.51. The van der Waals surface area contributed by atoms with E-state index in [0.717, 1.165) is 25.3 Å². The molecule has 6 heteroatoms. The van der Waals surface area contributed by atoms with Gasteiger partial charge in [0.1, 0.15) is 17.1 Å². The van der Waals surface area contributed by atoms with Crippen LogP contribution in [0.25, 0.3) is 0 Å². The summed E-state index contributed by atoms with van der Waals surface area (Å²) in [6.07, 6.45) is 3.04. The molecule has 1 aliphatic heterocycles. The Morgan fingerprint density at radius 1 is 1.24 bits per heavy atom. The number of amides is 1. The Balaban J connectivity index is 1.62. The molecule has 1 aliphatic carbocycles. The van der Waals surface area contributed by atoms with Gasteiger partial charge in [-0.05, 0) is 42.2 Å². The molecule has 2 aliphatic rings. The lowest BCUT2D eigenvalue weighted by atomic mass is 9.65. The number of phenols is 2. The van der Waals surface area contributed by atoms with Crippen LogP contribution in [-0.2, 0) is 9.53 Å². The molecule has 25 heavy (non-hydrogen) atoms. The predicted molar refractivity (Wildman–Crippen MR) is 91.3 cm³/mol. The van der Waals surface area contributed by atoms with Gasteiger partial charge in [0.15, 0.2) is 6.61 Å². The van der Waals surface area contributed by atoms with Crippen molar-refractivity contribution in [3.8, 4) is 11.5 Å². The Morgan fingerprint density at radius 3 is 2.64 bits per heavy atom. The number of hydrogen-bond acceptors (Lipinski definition) is 5. The van der Waals surface area contributed by atoms with Gasteiger partial charge in [0.25, 0.3) is 5.91 Å². The summed E-state index contributed by atoms with van der Waals surface area (Å²) >= 11 is 0. The van der Waals surface area contributed by atoms with Crippen LogP contribution in [0.5, 0.6) is 11.5 Å². The lowest BCUT2D eigenvalue weighted by Gasteiger charge is -2.39. The average Bonchev–Trinajstić information content (AvgIpc) is 2.73. The van der Waals surface area contributed by atoms with Crippen molar-refractivity contribution in [3.05, 3.63) is 23.8 Å². The van der Waals surface area contributed by atoms with Gasteiger partial charge in [0, 0.05) is 18.7 Å². The summed E-state index contributed by atoms with van der Waals surface area (Å²) in [6, 6.07) is 3.81. The smallest absolute Gasteiger partial charge is 0.342 e. The van der Waals surface area contributed by atoms with Gasteiger partial charge in [-0.1, -0.05) is 20.8 Å². The Labute approximate surface area is 147 Å². The topological polar surface area (TPSA) is 87.1 Å². The molecule has 2 fully saturated rings. The molecule has 2 bridgehead atoms. The second kappa shape index (κ2) is 5.93. The fourth-order valence-corrected chi connectivity index (χ4v) is 4.73. The summed E-state index contributed by atoms with van der Waals surface area (Å²) in [5.41, 5.74) is 0.265. The molecule has 1 heterocycles. The molecule has 0 radical (unpaired) electrons. The molecular formula is C19H25NO5. The highest BCUT2D eigenvalue weighted by Gasteiger charge is 2.50. The van der Waals surface area contributed by atoms with E-state index >= 15 is 0 Å². The number of ether oxygens (including phenoxy) is 1. The number of fused-ring (bicyclic) bond motifs is 2. The van der Waals surface area contributed by atoms with Gasteiger partial charge in [-0.2, -0.15) is 0 Å². The molecule has 1 amide bonds. The summed E-state index contributed by atoms with van der Waals surface area (Å²) < 4.78 is 5.08. The van der Waals surface area contributed by atoms with Crippen LogP contribution in [-0.4, -0.2) is 46.2 Å². The Hall–Kier alpha value is -2.24. The maximum Gasteiger partial charge on any atom is 0.342 e. The number of esters is 1. The maximum absolute atomic E-state index is 12.6. The van der Waals surface area contributed by atoms with Crippen LogP contribution in [0, 0.1) is 10.8 Å². The number of carbonyl (C=O) groups is 2. The molecule has 3 rings (SSSR count). The Bertz CT molecular complexity index is 714. The molecule has 1 aromatic carbocycles. The number of phenolic OH excluding ortho intramolecular Hbond substituents is 2. The first-order chi connectivity index (χ1) is 11.6. The third kappa shape index (κ3) is 3.57. The molecule has 136 valence electrons. The third-order valence-corrected chi connectivity index (χ3v) is 5.26. The van der Waals surface area contributed by atoms with Crippen molar-refractivity contribution in [1.29, 1.82) is 0 Å². The largest absolute Gasteiger partial charge is 0.508 e. The van der Waals surface area contributed by atoms with Crippen LogP contribution in [0.15, 0.2) is 18.2 Å². The van der Waals surface area contributed by atoms with E-state index in [-0.39, 0.29) is 46.4 Å². The molecule has 1 saturated carbocycles. The van der Waals surface area contributed by atoms with Crippen LogP contribution in [0.2, 0.25) is 0 Å². The standard InChI is InChI=1S/C19H25NO5/c1-18(2)7-12-8-19(3,10-18)11-20(12)16(23)9-25-17(24)14-5-4-13(21)6-15(14)22/h4-6,12,21-22H,7-11H2,1-3H3/t12-,19-/m0/s1. The molecule has 1 aromatic rings. The van der Waals surface area contributed by atoms with E-state index < -0.39 is 5.97 Å². The average molecular weight is 347 g/mol. The normalized spacial score (nSPS) is 27.2. The van der Waals surface area contributed by atoms with Crippen molar-refractivity contribution in [3.63, 3.8) is 0 Å². The third-order valence-electron chi connectivity index (χ3n) is 5.26. The summed E-state index contributed by atoms with van der Waals surface area (Å²) in [6.45, 7) is 7.04. The maximum atomic E-state index is 12.6. The quantitative estimate of drug-likeness (QED) is 0.821. The highest BCUT2D eigenvalue weighted by molar-refractivity contribution is 5.94. The number of benzene rings is 1. The zero-order valence-corrected chi connectivity index (χ0v) is 14.9. The monoisotopic (exact) mass is 347 g/mol. The number of rotatable bonds is 3. The first-order valence-electron chi connectivity index (χ1n) is 8.57. The van der Waals surface area contributed by atoms with Gasteiger partial charge in [0.05, 0.1) is 0 Å². The molecule has 2 N–H and O–H groups in total. The van der Waals surface area contributed by atoms with Gasteiger partial charge >= 0.3 is 5.97 Å². The molecule has 2 atom stereocenters. The van der Waals surface area contributed by atoms with Crippen LogP contribution in [0.3, 0.4) is 0 Å². The van der Waals surface area contributed by atoms with Crippen molar-refractivity contribution in [2.24, 2.45) is 10.8 Å². The van der Waals surface area contributed by atoms with Crippen LogP contribution in [0.4, 0.5) is 0 Å². The van der Waals surface area contributed by atoms with E-state index in [4.69, 9.17) is 4.74 Å².